The molecule has 1 atom stereocenters. The Balaban J connectivity index is 0.00000280. The Labute approximate surface area is 185 Å². The quantitative estimate of drug-likeness (QED) is 0.210. The van der Waals surface area contributed by atoms with E-state index in [2.05, 4.69) is 21.7 Å². The van der Waals surface area contributed by atoms with Crippen LogP contribution in [0.5, 0.6) is 5.75 Å². The van der Waals surface area contributed by atoms with E-state index in [-0.39, 0.29) is 24.0 Å². The first-order valence-corrected chi connectivity index (χ1v) is 10.2. The van der Waals surface area contributed by atoms with Gasteiger partial charge in [-0.2, -0.15) is 0 Å². The Kier molecular flexibility index (Phi) is 11.0. The van der Waals surface area contributed by atoms with Crippen molar-refractivity contribution in [3.8, 4) is 5.75 Å². The molecule has 1 aliphatic heterocycles. The summed E-state index contributed by atoms with van der Waals surface area (Å²) in [6.45, 7) is 5.66. The normalized spacial score (nSPS) is 19.2. The van der Waals surface area contributed by atoms with E-state index < -0.39 is 0 Å². The minimum atomic E-state index is 0. The van der Waals surface area contributed by atoms with Crippen LogP contribution in [-0.4, -0.2) is 52.6 Å². The highest BCUT2D eigenvalue weighted by Gasteiger charge is 2.22. The first kappa shape index (κ1) is 23.2. The zero-order valence-electron chi connectivity index (χ0n) is 16.8. The second kappa shape index (κ2) is 13.2. The van der Waals surface area contributed by atoms with Crippen molar-refractivity contribution in [3.05, 3.63) is 29.8 Å². The smallest absolute Gasteiger partial charge is 0.191 e. The van der Waals surface area contributed by atoms with Gasteiger partial charge in [-0.25, -0.2) is 0 Å². The number of nitrogens with one attached hydrogen (secondary N) is 2. The number of aliphatic imine (C=N–C) groups is 1. The van der Waals surface area contributed by atoms with E-state index in [0.29, 0.717) is 12.5 Å². The minimum absolute atomic E-state index is 0. The highest BCUT2D eigenvalue weighted by atomic mass is 127. The standard InChI is InChI=1S/C21H33N3O3.HI/c1-22-21(23-10-4-11-25-14-18-9-12-26-15-18)24-13-19-5-2-3-6-20(19)27-16-17-7-8-17;/h2-3,5-6,17-18H,4,7-16H2,1H3,(H2,22,23,24);1H. The first-order chi connectivity index (χ1) is 13.3. The van der Waals surface area contributed by atoms with Crippen molar-refractivity contribution in [2.75, 3.05) is 46.6 Å². The molecule has 0 spiro atoms. The van der Waals surface area contributed by atoms with E-state index in [1.165, 1.54) is 12.8 Å². The van der Waals surface area contributed by atoms with Gasteiger partial charge in [0.2, 0.25) is 0 Å². The van der Waals surface area contributed by atoms with Crippen molar-refractivity contribution in [1.82, 2.24) is 10.6 Å². The summed E-state index contributed by atoms with van der Waals surface area (Å²) in [5, 5.41) is 6.71. The molecule has 1 saturated heterocycles. The summed E-state index contributed by atoms with van der Waals surface area (Å²) in [6, 6.07) is 8.21. The van der Waals surface area contributed by atoms with Gasteiger partial charge in [0.15, 0.2) is 5.96 Å². The van der Waals surface area contributed by atoms with Gasteiger partial charge in [0.05, 0.1) is 19.8 Å². The van der Waals surface area contributed by atoms with E-state index in [9.17, 15) is 0 Å². The Hall–Kier alpha value is -1.06. The van der Waals surface area contributed by atoms with E-state index in [1.54, 1.807) is 7.05 Å². The number of benzene rings is 1. The average molecular weight is 503 g/mol. The van der Waals surface area contributed by atoms with Crippen molar-refractivity contribution in [2.45, 2.75) is 32.2 Å². The molecule has 1 heterocycles. The van der Waals surface area contributed by atoms with Gasteiger partial charge >= 0.3 is 0 Å². The third kappa shape index (κ3) is 8.53. The zero-order valence-corrected chi connectivity index (χ0v) is 19.2. The number of hydrogen-bond acceptors (Lipinski definition) is 4. The molecule has 1 saturated carbocycles. The molecule has 1 unspecified atom stereocenters. The summed E-state index contributed by atoms with van der Waals surface area (Å²) in [4.78, 5) is 4.29. The Morgan fingerprint density at radius 3 is 2.75 bits per heavy atom. The molecule has 0 bridgehead atoms. The van der Waals surface area contributed by atoms with Crippen molar-refractivity contribution >= 4 is 29.9 Å². The number of ether oxygens (including phenoxy) is 3. The van der Waals surface area contributed by atoms with Gasteiger partial charge in [0, 0.05) is 44.8 Å². The van der Waals surface area contributed by atoms with Crippen LogP contribution in [0, 0.1) is 11.8 Å². The van der Waals surface area contributed by atoms with E-state index in [1.807, 2.05) is 18.2 Å². The Morgan fingerprint density at radius 1 is 1.14 bits per heavy atom. The van der Waals surface area contributed by atoms with E-state index >= 15 is 0 Å². The maximum atomic E-state index is 5.97. The fourth-order valence-electron chi connectivity index (χ4n) is 3.03. The third-order valence-corrected chi connectivity index (χ3v) is 4.95. The molecule has 6 nitrogen and oxygen atoms in total. The first-order valence-electron chi connectivity index (χ1n) is 10.2. The van der Waals surface area contributed by atoms with Crippen LogP contribution in [0.4, 0.5) is 0 Å². The maximum Gasteiger partial charge on any atom is 0.191 e. The molecule has 2 N–H and O–H groups in total. The van der Waals surface area contributed by atoms with Crippen LogP contribution in [0.15, 0.2) is 29.3 Å². The molecule has 2 fully saturated rings. The predicted octanol–water partition coefficient (Wildman–Crippen LogP) is 3.20. The number of guanidine groups is 1. The van der Waals surface area contributed by atoms with Crippen LogP contribution >= 0.6 is 24.0 Å². The highest BCUT2D eigenvalue weighted by Crippen LogP contribution is 2.30. The van der Waals surface area contributed by atoms with Gasteiger partial charge in [-0.1, -0.05) is 18.2 Å². The second-order valence-corrected chi connectivity index (χ2v) is 7.37. The Bertz CT molecular complexity index is 590. The lowest BCUT2D eigenvalue weighted by molar-refractivity contribution is 0.0888. The van der Waals surface area contributed by atoms with Gasteiger partial charge in [-0.15, -0.1) is 24.0 Å². The summed E-state index contributed by atoms with van der Waals surface area (Å²) < 4.78 is 17.1. The van der Waals surface area contributed by atoms with Gasteiger partial charge < -0.3 is 24.8 Å². The van der Waals surface area contributed by atoms with Crippen LogP contribution in [-0.2, 0) is 16.0 Å². The number of para-hydroxylation sites is 1. The lowest BCUT2D eigenvalue weighted by atomic mass is 10.1. The third-order valence-electron chi connectivity index (χ3n) is 4.95. The predicted molar refractivity (Wildman–Crippen MR) is 123 cm³/mol. The van der Waals surface area contributed by atoms with Gasteiger partial charge in [-0.05, 0) is 37.7 Å². The van der Waals surface area contributed by atoms with Gasteiger partial charge in [-0.3, -0.25) is 4.99 Å². The molecule has 1 aliphatic carbocycles. The Morgan fingerprint density at radius 2 is 2.00 bits per heavy atom. The molecule has 158 valence electrons. The summed E-state index contributed by atoms with van der Waals surface area (Å²) in [6.07, 6.45) is 4.68. The fraction of sp³-hybridized carbons (Fsp3) is 0.667. The molecular formula is C21H34IN3O3. The maximum absolute atomic E-state index is 5.97. The molecular weight excluding hydrogens is 469 g/mol. The average Bonchev–Trinajstić information content (AvgIpc) is 3.39. The molecule has 7 heteroatoms. The summed E-state index contributed by atoms with van der Waals surface area (Å²) >= 11 is 0. The number of hydrogen-bond donors (Lipinski definition) is 2. The molecule has 0 amide bonds. The molecule has 0 radical (unpaired) electrons. The lowest BCUT2D eigenvalue weighted by Crippen LogP contribution is -2.37. The molecule has 1 aromatic carbocycles. The summed E-state index contributed by atoms with van der Waals surface area (Å²) in [5.41, 5.74) is 1.16. The lowest BCUT2D eigenvalue weighted by Gasteiger charge is -2.15. The van der Waals surface area contributed by atoms with E-state index in [0.717, 1.165) is 75.6 Å². The zero-order chi connectivity index (χ0) is 18.7. The van der Waals surface area contributed by atoms with Crippen LogP contribution < -0.4 is 15.4 Å². The molecule has 2 aliphatic rings. The molecule has 0 aromatic heterocycles. The van der Waals surface area contributed by atoms with Crippen molar-refractivity contribution < 1.29 is 14.2 Å². The second-order valence-electron chi connectivity index (χ2n) is 7.37. The van der Waals surface area contributed by atoms with Gasteiger partial charge in [0.25, 0.3) is 0 Å². The van der Waals surface area contributed by atoms with Gasteiger partial charge in [0.1, 0.15) is 5.75 Å². The van der Waals surface area contributed by atoms with E-state index in [4.69, 9.17) is 14.2 Å². The molecule has 3 rings (SSSR count). The van der Waals surface area contributed by atoms with Crippen LogP contribution in [0.25, 0.3) is 0 Å². The molecule has 28 heavy (non-hydrogen) atoms. The van der Waals surface area contributed by atoms with Crippen molar-refractivity contribution in [3.63, 3.8) is 0 Å². The van der Waals surface area contributed by atoms with Crippen LogP contribution in [0.1, 0.15) is 31.2 Å². The minimum Gasteiger partial charge on any atom is -0.493 e. The van der Waals surface area contributed by atoms with Crippen molar-refractivity contribution in [2.24, 2.45) is 16.8 Å². The summed E-state index contributed by atoms with van der Waals surface area (Å²) in [7, 11) is 1.79. The number of rotatable bonds is 11. The summed E-state index contributed by atoms with van der Waals surface area (Å²) in [5.74, 6) is 3.10. The fourth-order valence-corrected chi connectivity index (χ4v) is 3.03. The topological polar surface area (TPSA) is 64.1 Å². The SMILES string of the molecule is CN=C(NCCCOCC1CCOC1)NCc1ccccc1OCC1CC1.I. The van der Waals surface area contributed by atoms with Crippen LogP contribution in [0.2, 0.25) is 0 Å². The van der Waals surface area contributed by atoms with Crippen LogP contribution in [0.3, 0.4) is 0 Å². The highest BCUT2D eigenvalue weighted by molar-refractivity contribution is 14.0. The van der Waals surface area contributed by atoms with Crippen molar-refractivity contribution in [1.29, 1.82) is 0 Å². The largest absolute Gasteiger partial charge is 0.493 e. The number of nitrogens with zero attached hydrogens (tertiary/aromatic N) is 1. The molecule has 1 aromatic rings. The monoisotopic (exact) mass is 503 g/mol. The number of halogens is 1.